The van der Waals surface area contributed by atoms with E-state index < -0.39 is 0 Å². The largest absolute Gasteiger partial charge is 0.354 e. The predicted octanol–water partition coefficient (Wildman–Crippen LogP) is 2.55. The highest BCUT2D eigenvalue weighted by molar-refractivity contribution is 5.26. The summed E-state index contributed by atoms with van der Waals surface area (Å²) in [5.74, 6) is 2.38. The van der Waals surface area contributed by atoms with Crippen LogP contribution in [0, 0.1) is 5.92 Å². The molecule has 3 rings (SSSR count). The van der Waals surface area contributed by atoms with Gasteiger partial charge >= 0.3 is 0 Å². The molecule has 1 saturated heterocycles. The monoisotopic (exact) mass is 260 g/mol. The molecule has 1 aliphatic carbocycles. The first kappa shape index (κ1) is 12.9. The summed E-state index contributed by atoms with van der Waals surface area (Å²) in [4.78, 5) is 8.86. The highest BCUT2D eigenvalue weighted by Crippen LogP contribution is 2.35. The van der Waals surface area contributed by atoms with E-state index >= 15 is 0 Å². The minimum Gasteiger partial charge on any atom is -0.354 e. The van der Waals surface area contributed by atoms with Crippen molar-refractivity contribution in [2.45, 2.75) is 44.4 Å². The maximum Gasteiger partial charge on any atom is 0.222 e. The van der Waals surface area contributed by atoms with E-state index in [1.54, 1.807) is 0 Å². The molecule has 1 saturated carbocycles. The van der Waals surface area contributed by atoms with Crippen LogP contribution in [-0.4, -0.2) is 29.6 Å². The smallest absolute Gasteiger partial charge is 0.222 e. The summed E-state index contributed by atoms with van der Waals surface area (Å²) < 4.78 is 0. The minimum absolute atomic E-state index is 0.726. The summed E-state index contributed by atoms with van der Waals surface area (Å²) in [6.07, 6.45) is 11.8. The number of aromatic nitrogens is 2. The minimum atomic E-state index is 0.726. The van der Waals surface area contributed by atoms with Gasteiger partial charge < -0.3 is 10.6 Å². The maximum absolute atomic E-state index is 4.43. The van der Waals surface area contributed by atoms with Crippen molar-refractivity contribution in [2.75, 3.05) is 25.0 Å². The summed E-state index contributed by atoms with van der Waals surface area (Å²) in [5.41, 5.74) is 1.31. The van der Waals surface area contributed by atoms with Gasteiger partial charge in [0.2, 0.25) is 5.95 Å². The van der Waals surface area contributed by atoms with Gasteiger partial charge in [-0.15, -0.1) is 0 Å². The van der Waals surface area contributed by atoms with Crippen LogP contribution in [0.2, 0.25) is 0 Å². The molecule has 4 heteroatoms. The molecule has 0 unspecified atom stereocenters. The number of hydrogen-bond acceptors (Lipinski definition) is 4. The summed E-state index contributed by atoms with van der Waals surface area (Å²) in [5, 5.41) is 6.76. The molecule has 4 nitrogen and oxygen atoms in total. The lowest BCUT2D eigenvalue weighted by Crippen LogP contribution is -2.28. The molecule has 104 valence electrons. The topological polar surface area (TPSA) is 49.8 Å². The predicted molar refractivity (Wildman–Crippen MR) is 77.3 cm³/mol. The van der Waals surface area contributed by atoms with Gasteiger partial charge in [0.05, 0.1) is 0 Å². The van der Waals surface area contributed by atoms with Crippen LogP contribution in [-0.2, 0) is 0 Å². The van der Waals surface area contributed by atoms with Gasteiger partial charge in [0.1, 0.15) is 0 Å². The first-order valence-electron chi connectivity index (χ1n) is 7.68. The molecule has 0 spiro atoms. The molecule has 2 heterocycles. The number of nitrogens with zero attached hydrogens (tertiary/aromatic N) is 2. The molecule has 2 fully saturated rings. The number of hydrogen-bond donors (Lipinski definition) is 2. The number of nitrogens with one attached hydrogen (secondary N) is 2. The summed E-state index contributed by atoms with van der Waals surface area (Å²) in [7, 11) is 0. The van der Waals surface area contributed by atoms with Crippen molar-refractivity contribution in [3.8, 4) is 0 Å². The zero-order valence-electron chi connectivity index (χ0n) is 11.6. The third-order valence-corrected chi connectivity index (χ3v) is 4.54. The van der Waals surface area contributed by atoms with Crippen LogP contribution in [0.3, 0.4) is 0 Å². The van der Waals surface area contributed by atoms with Crippen LogP contribution >= 0.6 is 0 Å². The number of piperidine rings is 1. The van der Waals surface area contributed by atoms with E-state index in [2.05, 4.69) is 20.6 Å². The van der Waals surface area contributed by atoms with Gasteiger partial charge in [-0.3, -0.25) is 0 Å². The van der Waals surface area contributed by atoms with Crippen molar-refractivity contribution in [3.05, 3.63) is 18.0 Å². The van der Waals surface area contributed by atoms with E-state index in [1.807, 2.05) is 12.4 Å². The Morgan fingerprint density at radius 3 is 2.47 bits per heavy atom. The van der Waals surface area contributed by atoms with Crippen molar-refractivity contribution in [2.24, 2.45) is 5.92 Å². The highest BCUT2D eigenvalue weighted by Gasteiger charge is 2.20. The zero-order chi connectivity index (χ0) is 12.9. The molecule has 0 atom stereocenters. The molecular weight excluding hydrogens is 236 g/mol. The molecule has 2 aliphatic rings. The lowest BCUT2D eigenvalue weighted by Gasteiger charge is -2.25. The third-order valence-electron chi connectivity index (χ3n) is 4.54. The van der Waals surface area contributed by atoms with Crippen molar-refractivity contribution in [1.82, 2.24) is 15.3 Å². The number of anilines is 1. The van der Waals surface area contributed by atoms with E-state index in [0.717, 1.165) is 24.3 Å². The average Bonchev–Trinajstić information content (AvgIpc) is 2.40. The van der Waals surface area contributed by atoms with Crippen molar-refractivity contribution >= 4 is 5.95 Å². The Balaban J connectivity index is 1.41. The Kier molecular flexibility index (Phi) is 4.28. The first-order chi connectivity index (χ1) is 9.42. The summed E-state index contributed by atoms with van der Waals surface area (Å²) in [6.45, 7) is 3.35. The molecular formula is C15H24N4. The fourth-order valence-corrected chi connectivity index (χ4v) is 2.94. The van der Waals surface area contributed by atoms with Gasteiger partial charge in [-0.2, -0.15) is 0 Å². The van der Waals surface area contributed by atoms with Crippen LogP contribution in [0.25, 0.3) is 0 Å². The third kappa shape index (κ3) is 3.44. The van der Waals surface area contributed by atoms with E-state index in [0.29, 0.717) is 0 Å². The van der Waals surface area contributed by atoms with Crippen molar-refractivity contribution < 1.29 is 0 Å². The maximum atomic E-state index is 4.43. The molecule has 0 amide bonds. The Hall–Kier alpha value is -1.16. The van der Waals surface area contributed by atoms with Crippen molar-refractivity contribution in [3.63, 3.8) is 0 Å². The fourth-order valence-electron chi connectivity index (χ4n) is 2.94. The van der Waals surface area contributed by atoms with Crippen LogP contribution in [0.4, 0.5) is 5.95 Å². The summed E-state index contributed by atoms with van der Waals surface area (Å²) >= 11 is 0. The molecule has 1 aromatic heterocycles. The van der Waals surface area contributed by atoms with Gasteiger partial charge in [-0.1, -0.05) is 6.42 Å². The van der Waals surface area contributed by atoms with Crippen LogP contribution in [0.1, 0.15) is 50.0 Å². The molecule has 2 N–H and O–H groups in total. The van der Waals surface area contributed by atoms with Gasteiger partial charge in [-0.05, 0) is 62.6 Å². The molecule has 19 heavy (non-hydrogen) atoms. The second-order valence-electron chi connectivity index (χ2n) is 5.88. The normalized spacial score (nSPS) is 21.1. The van der Waals surface area contributed by atoms with Gasteiger partial charge in [-0.25, -0.2) is 9.97 Å². The van der Waals surface area contributed by atoms with Gasteiger partial charge in [0, 0.05) is 18.9 Å². The van der Waals surface area contributed by atoms with E-state index in [4.69, 9.17) is 0 Å². The van der Waals surface area contributed by atoms with Gasteiger partial charge in [0.25, 0.3) is 0 Å². The Bertz CT molecular complexity index is 380. The first-order valence-corrected chi connectivity index (χ1v) is 7.68. The van der Waals surface area contributed by atoms with Crippen LogP contribution in [0.5, 0.6) is 0 Å². The van der Waals surface area contributed by atoms with Crippen molar-refractivity contribution in [1.29, 1.82) is 0 Å². The summed E-state index contributed by atoms with van der Waals surface area (Å²) in [6, 6.07) is 0. The average molecular weight is 260 g/mol. The van der Waals surface area contributed by atoms with Gasteiger partial charge in [0.15, 0.2) is 0 Å². The van der Waals surface area contributed by atoms with E-state index in [-0.39, 0.29) is 0 Å². The Morgan fingerprint density at radius 2 is 1.84 bits per heavy atom. The van der Waals surface area contributed by atoms with Crippen LogP contribution < -0.4 is 10.6 Å². The highest BCUT2D eigenvalue weighted by atomic mass is 15.1. The molecule has 0 aromatic carbocycles. The fraction of sp³-hybridized carbons (Fsp3) is 0.733. The Labute approximate surface area is 115 Å². The second kappa shape index (κ2) is 6.33. The lowest BCUT2D eigenvalue weighted by atomic mass is 9.81. The quantitative estimate of drug-likeness (QED) is 0.854. The lowest BCUT2D eigenvalue weighted by molar-refractivity contribution is 0.361. The van der Waals surface area contributed by atoms with E-state index in [1.165, 1.54) is 57.2 Å². The number of rotatable bonds is 5. The van der Waals surface area contributed by atoms with Crippen LogP contribution in [0.15, 0.2) is 12.4 Å². The molecule has 0 radical (unpaired) electrons. The SMILES string of the molecule is c1nc(NCCC2CCNCC2)ncc1C1CCC1. The molecule has 0 bridgehead atoms. The molecule has 1 aromatic rings. The second-order valence-corrected chi connectivity index (χ2v) is 5.88. The Morgan fingerprint density at radius 1 is 1.11 bits per heavy atom. The standard InChI is InChI=1S/C15H24N4/c1-2-13(3-1)14-10-18-15(19-11-14)17-9-6-12-4-7-16-8-5-12/h10-13,16H,1-9H2,(H,17,18,19). The van der Waals surface area contributed by atoms with E-state index in [9.17, 15) is 0 Å². The zero-order valence-corrected chi connectivity index (χ0v) is 11.6. The molecule has 1 aliphatic heterocycles.